The Bertz CT molecular complexity index is 232. The van der Waals surface area contributed by atoms with Gasteiger partial charge in [-0.1, -0.05) is 0 Å². The van der Waals surface area contributed by atoms with Crippen LogP contribution in [0.15, 0.2) is 0 Å². The second kappa shape index (κ2) is 1.94. The SMILES string of the molecule is C#CC(=O)S(N)(=O)=O. The number of terminal acetylenes is 1. The zero-order chi connectivity index (χ0) is 6.78. The van der Waals surface area contributed by atoms with E-state index in [1.807, 2.05) is 0 Å². The van der Waals surface area contributed by atoms with Crippen molar-refractivity contribution >= 4 is 15.1 Å². The lowest BCUT2D eigenvalue weighted by atomic mass is 10.8. The van der Waals surface area contributed by atoms with Crippen LogP contribution in [0, 0.1) is 12.3 Å². The molecule has 0 spiro atoms. The first-order chi connectivity index (χ1) is 3.48. The molecule has 0 aliphatic carbocycles. The molecule has 0 amide bonds. The molecule has 0 fully saturated rings. The topological polar surface area (TPSA) is 77.2 Å². The van der Waals surface area contributed by atoms with Crippen LogP contribution in [0.3, 0.4) is 0 Å². The summed E-state index contributed by atoms with van der Waals surface area (Å²) in [5.74, 6) is 1.35. The third-order valence-corrected chi connectivity index (χ3v) is 1.01. The Labute approximate surface area is 46.7 Å². The van der Waals surface area contributed by atoms with Crippen LogP contribution in [-0.2, 0) is 14.8 Å². The summed E-state index contributed by atoms with van der Waals surface area (Å²) in [4.78, 5) is 9.88. The van der Waals surface area contributed by atoms with E-state index in [0.717, 1.165) is 0 Å². The molecule has 0 aromatic heterocycles. The van der Waals surface area contributed by atoms with Crippen molar-refractivity contribution in [2.24, 2.45) is 5.14 Å². The van der Waals surface area contributed by atoms with Crippen molar-refractivity contribution in [3.63, 3.8) is 0 Å². The molecule has 0 unspecified atom stereocenters. The van der Waals surface area contributed by atoms with E-state index in [0.29, 0.717) is 0 Å². The van der Waals surface area contributed by atoms with Gasteiger partial charge in [-0.15, -0.1) is 6.42 Å². The zero-order valence-corrected chi connectivity index (χ0v) is 4.60. The van der Waals surface area contributed by atoms with Gasteiger partial charge in [-0.25, -0.2) is 13.6 Å². The Morgan fingerprint density at radius 2 is 2.00 bits per heavy atom. The van der Waals surface area contributed by atoms with E-state index in [4.69, 9.17) is 0 Å². The highest BCUT2D eigenvalue weighted by molar-refractivity contribution is 8.04. The average molecular weight is 133 g/mol. The minimum atomic E-state index is -4.13. The summed E-state index contributed by atoms with van der Waals surface area (Å²) in [6.45, 7) is 0. The lowest BCUT2D eigenvalue weighted by Gasteiger charge is -1.81. The summed E-state index contributed by atoms with van der Waals surface area (Å²) in [5.41, 5.74) is 0. The average Bonchev–Trinajstić information content (AvgIpc) is 1.62. The van der Waals surface area contributed by atoms with E-state index in [2.05, 4.69) is 11.6 Å². The Kier molecular flexibility index (Phi) is 1.73. The summed E-state index contributed by atoms with van der Waals surface area (Å²) in [5, 5.41) is 2.88. The molecular formula is C3H3NO3S. The fourth-order valence-electron chi connectivity index (χ4n) is 0.0821. The molecule has 0 atom stereocenters. The van der Waals surface area contributed by atoms with E-state index in [1.165, 1.54) is 5.92 Å². The number of primary sulfonamides is 1. The van der Waals surface area contributed by atoms with Crippen LogP contribution in [0.4, 0.5) is 0 Å². The van der Waals surface area contributed by atoms with Gasteiger partial charge in [-0.05, 0) is 5.92 Å². The fourth-order valence-corrected chi connectivity index (χ4v) is 0.246. The van der Waals surface area contributed by atoms with Crippen LogP contribution in [0.25, 0.3) is 0 Å². The first-order valence-corrected chi connectivity index (χ1v) is 3.06. The Balaban J connectivity index is 4.62. The molecule has 5 heteroatoms. The minimum absolute atomic E-state index is 1.35. The van der Waals surface area contributed by atoms with E-state index < -0.39 is 15.1 Å². The van der Waals surface area contributed by atoms with Crippen molar-refractivity contribution in [1.82, 2.24) is 0 Å². The highest BCUT2D eigenvalue weighted by Gasteiger charge is 2.10. The molecule has 0 rings (SSSR count). The summed E-state index contributed by atoms with van der Waals surface area (Å²) in [6.07, 6.45) is 4.40. The van der Waals surface area contributed by atoms with Crippen molar-refractivity contribution < 1.29 is 13.2 Å². The largest absolute Gasteiger partial charge is 0.334 e. The van der Waals surface area contributed by atoms with Gasteiger partial charge < -0.3 is 0 Å². The summed E-state index contributed by atoms with van der Waals surface area (Å²) in [6, 6.07) is 0. The minimum Gasteiger partial charge on any atom is -0.265 e. The highest BCUT2D eigenvalue weighted by Crippen LogP contribution is 1.74. The number of rotatable bonds is 0. The molecule has 8 heavy (non-hydrogen) atoms. The Hall–Kier alpha value is -0.860. The summed E-state index contributed by atoms with van der Waals surface area (Å²) < 4.78 is 19.7. The first-order valence-electron chi connectivity index (χ1n) is 1.52. The van der Waals surface area contributed by atoms with E-state index in [9.17, 15) is 13.2 Å². The van der Waals surface area contributed by atoms with Crippen molar-refractivity contribution in [3.05, 3.63) is 0 Å². The lowest BCUT2D eigenvalue weighted by Crippen LogP contribution is -2.21. The normalized spacial score (nSPS) is 10.0. The molecule has 0 aliphatic heterocycles. The van der Waals surface area contributed by atoms with Crippen LogP contribution in [-0.4, -0.2) is 13.5 Å². The summed E-state index contributed by atoms with van der Waals surface area (Å²) >= 11 is 0. The van der Waals surface area contributed by atoms with Gasteiger partial charge in [0.05, 0.1) is 0 Å². The zero-order valence-electron chi connectivity index (χ0n) is 3.79. The van der Waals surface area contributed by atoms with Gasteiger partial charge >= 0.3 is 5.12 Å². The fraction of sp³-hybridized carbons (Fsp3) is 0. The predicted octanol–water partition coefficient (Wildman–Crippen LogP) is -1.57. The third-order valence-electron chi connectivity index (χ3n) is 0.376. The molecule has 0 heterocycles. The number of sulfonamides is 1. The van der Waals surface area contributed by atoms with Crippen molar-refractivity contribution in [2.45, 2.75) is 0 Å². The first kappa shape index (κ1) is 7.14. The van der Waals surface area contributed by atoms with Crippen molar-refractivity contribution in [2.75, 3.05) is 0 Å². The van der Waals surface area contributed by atoms with Crippen LogP contribution in [0.2, 0.25) is 0 Å². The third kappa shape index (κ3) is 1.73. The van der Waals surface area contributed by atoms with Crippen molar-refractivity contribution in [3.8, 4) is 12.3 Å². The highest BCUT2D eigenvalue weighted by atomic mass is 32.2. The number of carbonyl (C=O) groups excluding carboxylic acids is 1. The number of hydrogen-bond acceptors (Lipinski definition) is 3. The van der Waals surface area contributed by atoms with E-state index >= 15 is 0 Å². The van der Waals surface area contributed by atoms with Gasteiger partial charge in [0.25, 0.3) is 10.0 Å². The van der Waals surface area contributed by atoms with Crippen LogP contribution in [0.5, 0.6) is 0 Å². The van der Waals surface area contributed by atoms with Gasteiger partial charge in [0.1, 0.15) is 0 Å². The molecular weight excluding hydrogens is 130 g/mol. The number of carbonyl (C=O) groups is 1. The number of nitrogens with two attached hydrogens (primary N) is 1. The second-order valence-electron chi connectivity index (χ2n) is 0.977. The molecule has 0 aliphatic rings. The molecule has 44 valence electrons. The Morgan fingerprint density at radius 3 is 2.00 bits per heavy atom. The lowest BCUT2D eigenvalue weighted by molar-refractivity contribution is -0.107. The van der Waals surface area contributed by atoms with Gasteiger partial charge in [0.15, 0.2) is 0 Å². The molecule has 0 saturated heterocycles. The Morgan fingerprint density at radius 1 is 1.62 bits per heavy atom. The smallest absolute Gasteiger partial charge is 0.265 e. The molecule has 2 N–H and O–H groups in total. The molecule has 4 nitrogen and oxygen atoms in total. The van der Waals surface area contributed by atoms with Crippen molar-refractivity contribution in [1.29, 1.82) is 0 Å². The van der Waals surface area contributed by atoms with Gasteiger partial charge in [0.2, 0.25) is 0 Å². The van der Waals surface area contributed by atoms with Crippen LogP contribution in [0.1, 0.15) is 0 Å². The standard InChI is InChI=1S/C3H3NO3S/c1-2-3(5)8(4,6)7/h1H,(H2,4,6,7). The maximum absolute atomic E-state index is 9.88. The predicted molar refractivity (Wildman–Crippen MR) is 26.9 cm³/mol. The maximum atomic E-state index is 9.88. The molecule has 0 saturated carbocycles. The van der Waals surface area contributed by atoms with Gasteiger partial charge in [0, 0.05) is 0 Å². The van der Waals surface area contributed by atoms with Gasteiger partial charge in [-0.3, -0.25) is 4.79 Å². The molecule has 0 bridgehead atoms. The quantitative estimate of drug-likeness (QED) is 0.406. The molecule has 0 radical (unpaired) electrons. The van der Waals surface area contributed by atoms with Crippen LogP contribution < -0.4 is 5.14 Å². The van der Waals surface area contributed by atoms with E-state index in [-0.39, 0.29) is 0 Å². The maximum Gasteiger partial charge on any atom is 0.334 e. The number of hydrogen-bond donors (Lipinski definition) is 1. The summed E-state index contributed by atoms with van der Waals surface area (Å²) in [7, 11) is -4.13. The second-order valence-corrected chi connectivity index (χ2v) is 2.44. The molecule has 0 aromatic rings. The molecule has 0 aromatic carbocycles. The van der Waals surface area contributed by atoms with Crippen LogP contribution >= 0.6 is 0 Å². The van der Waals surface area contributed by atoms with E-state index in [1.54, 1.807) is 0 Å². The van der Waals surface area contributed by atoms with Gasteiger partial charge in [-0.2, -0.15) is 0 Å². The monoisotopic (exact) mass is 133 g/mol.